The zero-order valence-corrected chi connectivity index (χ0v) is 11.8. The molecule has 0 spiro atoms. The first-order valence-corrected chi connectivity index (χ1v) is 6.49. The smallest absolute Gasteiger partial charge is 0.323 e. The van der Waals surface area contributed by atoms with Gasteiger partial charge in [-0.3, -0.25) is 9.59 Å². The number of furan rings is 1. The molecule has 7 heteroatoms. The van der Waals surface area contributed by atoms with Gasteiger partial charge in [-0.15, -0.1) is 0 Å². The highest BCUT2D eigenvalue weighted by atomic mass is 16.5. The normalized spacial score (nSPS) is 10.8. The van der Waals surface area contributed by atoms with Gasteiger partial charge in [0.05, 0.1) is 6.26 Å². The van der Waals surface area contributed by atoms with Gasteiger partial charge in [0.2, 0.25) is 5.76 Å². The molecule has 2 heterocycles. The zero-order valence-electron chi connectivity index (χ0n) is 11.8. The number of rotatable bonds is 6. The van der Waals surface area contributed by atoms with Crippen molar-refractivity contribution in [3.8, 4) is 11.5 Å². The van der Waals surface area contributed by atoms with Crippen LogP contribution in [0.25, 0.3) is 11.5 Å². The van der Waals surface area contributed by atoms with Crippen LogP contribution in [0.2, 0.25) is 0 Å². The first kappa shape index (κ1) is 14.8. The van der Waals surface area contributed by atoms with Crippen molar-refractivity contribution in [2.24, 2.45) is 5.92 Å². The first-order chi connectivity index (χ1) is 9.97. The summed E-state index contributed by atoms with van der Waals surface area (Å²) < 4.78 is 10.2. The van der Waals surface area contributed by atoms with Gasteiger partial charge in [0.15, 0.2) is 11.5 Å². The molecular formula is C14H16N2O5. The number of nitrogens with zero attached hydrogens (tertiary/aromatic N) is 2. The number of carbonyl (C=O) groups is 2. The van der Waals surface area contributed by atoms with E-state index in [1.165, 1.54) is 17.2 Å². The number of aliphatic carboxylic acids is 1. The van der Waals surface area contributed by atoms with E-state index < -0.39 is 11.9 Å². The maximum atomic E-state index is 12.3. The number of aromatic nitrogens is 1. The van der Waals surface area contributed by atoms with Crippen LogP contribution >= 0.6 is 0 Å². The van der Waals surface area contributed by atoms with Crippen LogP contribution in [0.15, 0.2) is 33.4 Å². The van der Waals surface area contributed by atoms with E-state index in [0.717, 1.165) is 0 Å². The Morgan fingerprint density at radius 3 is 2.71 bits per heavy atom. The predicted molar refractivity (Wildman–Crippen MR) is 72.6 cm³/mol. The molecule has 0 aliphatic carbocycles. The minimum Gasteiger partial charge on any atom is -0.480 e. The highest BCUT2D eigenvalue weighted by molar-refractivity contribution is 5.94. The predicted octanol–water partition coefficient (Wildman–Crippen LogP) is 2.12. The van der Waals surface area contributed by atoms with Crippen LogP contribution in [0.5, 0.6) is 0 Å². The number of carbonyl (C=O) groups excluding carboxylic acids is 1. The Morgan fingerprint density at radius 1 is 1.38 bits per heavy atom. The van der Waals surface area contributed by atoms with Crippen molar-refractivity contribution in [3.63, 3.8) is 0 Å². The second-order valence-electron chi connectivity index (χ2n) is 5.03. The summed E-state index contributed by atoms with van der Waals surface area (Å²) in [6.07, 6.45) is 1.48. The molecule has 21 heavy (non-hydrogen) atoms. The molecule has 0 aliphatic heterocycles. The highest BCUT2D eigenvalue weighted by Gasteiger charge is 2.23. The Labute approximate surface area is 121 Å². The second-order valence-corrected chi connectivity index (χ2v) is 5.03. The van der Waals surface area contributed by atoms with Crippen LogP contribution in [-0.2, 0) is 4.79 Å². The monoisotopic (exact) mass is 292 g/mol. The number of hydrogen-bond acceptors (Lipinski definition) is 5. The lowest BCUT2D eigenvalue weighted by atomic mass is 10.2. The highest BCUT2D eigenvalue weighted by Crippen LogP contribution is 2.21. The summed E-state index contributed by atoms with van der Waals surface area (Å²) in [5.74, 6) is -0.630. The van der Waals surface area contributed by atoms with E-state index in [1.54, 1.807) is 12.1 Å². The van der Waals surface area contributed by atoms with E-state index in [1.807, 2.05) is 13.8 Å². The lowest BCUT2D eigenvalue weighted by Gasteiger charge is -2.21. The summed E-state index contributed by atoms with van der Waals surface area (Å²) in [6, 6.07) is 4.81. The van der Waals surface area contributed by atoms with E-state index in [4.69, 9.17) is 14.0 Å². The molecule has 2 aromatic heterocycles. The molecule has 7 nitrogen and oxygen atoms in total. The summed E-state index contributed by atoms with van der Waals surface area (Å²) >= 11 is 0. The molecular weight excluding hydrogens is 276 g/mol. The van der Waals surface area contributed by atoms with Gasteiger partial charge in [-0.05, 0) is 18.1 Å². The van der Waals surface area contributed by atoms with Gasteiger partial charge < -0.3 is 18.9 Å². The van der Waals surface area contributed by atoms with Gasteiger partial charge in [0, 0.05) is 12.6 Å². The molecule has 0 aromatic carbocycles. The van der Waals surface area contributed by atoms with Gasteiger partial charge in [0.25, 0.3) is 5.91 Å². The van der Waals surface area contributed by atoms with Crippen LogP contribution in [0.1, 0.15) is 24.3 Å². The van der Waals surface area contributed by atoms with E-state index in [0.29, 0.717) is 18.1 Å². The number of carboxylic acids is 1. The second kappa shape index (κ2) is 6.25. The van der Waals surface area contributed by atoms with Gasteiger partial charge in [-0.2, -0.15) is 0 Å². The molecule has 0 unspecified atom stereocenters. The van der Waals surface area contributed by atoms with Crippen LogP contribution in [0.4, 0.5) is 0 Å². The minimum atomic E-state index is -1.07. The third-order valence-electron chi connectivity index (χ3n) is 2.69. The molecule has 0 saturated heterocycles. The fourth-order valence-electron chi connectivity index (χ4n) is 1.90. The average molecular weight is 292 g/mol. The molecule has 112 valence electrons. The summed E-state index contributed by atoms with van der Waals surface area (Å²) in [5, 5.41) is 12.6. The van der Waals surface area contributed by atoms with Crippen molar-refractivity contribution in [2.75, 3.05) is 13.1 Å². The maximum absolute atomic E-state index is 12.3. The summed E-state index contributed by atoms with van der Waals surface area (Å²) in [7, 11) is 0. The Hall–Kier alpha value is -2.57. The van der Waals surface area contributed by atoms with Crippen LogP contribution in [-0.4, -0.2) is 40.1 Å². The quantitative estimate of drug-likeness (QED) is 0.875. The number of carboxylic acid groups (broad SMARTS) is 1. The number of hydrogen-bond donors (Lipinski definition) is 1. The molecule has 0 bridgehead atoms. The molecule has 0 radical (unpaired) electrons. The van der Waals surface area contributed by atoms with E-state index in [-0.39, 0.29) is 18.2 Å². The van der Waals surface area contributed by atoms with Crippen LogP contribution in [0, 0.1) is 5.92 Å². The lowest BCUT2D eigenvalue weighted by molar-refractivity contribution is -0.137. The Morgan fingerprint density at radius 2 is 2.14 bits per heavy atom. The standard InChI is InChI=1S/C14H16N2O5/c1-9(2)7-16(8-13(17)18)14(19)10-6-12(21-15-10)11-4-3-5-20-11/h3-6,9H,7-8H2,1-2H3,(H,17,18). The van der Waals surface area contributed by atoms with Gasteiger partial charge in [-0.1, -0.05) is 19.0 Å². The Balaban J connectivity index is 2.18. The summed E-state index contributed by atoms with van der Waals surface area (Å²) in [6.45, 7) is 3.76. The topological polar surface area (TPSA) is 96.8 Å². The lowest BCUT2D eigenvalue weighted by Crippen LogP contribution is -2.38. The first-order valence-electron chi connectivity index (χ1n) is 6.49. The zero-order chi connectivity index (χ0) is 15.4. The average Bonchev–Trinajstić information content (AvgIpc) is 3.06. The molecule has 1 N–H and O–H groups in total. The van der Waals surface area contributed by atoms with Crippen molar-refractivity contribution >= 4 is 11.9 Å². The van der Waals surface area contributed by atoms with Crippen molar-refractivity contribution in [1.82, 2.24) is 10.1 Å². The molecule has 0 atom stereocenters. The molecule has 2 aromatic rings. The third kappa shape index (κ3) is 3.71. The minimum absolute atomic E-state index is 0.0586. The number of amides is 1. The van der Waals surface area contributed by atoms with E-state index >= 15 is 0 Å². The van der Waals surface area contributed by atoms with Crippen molar-refractivity contribution in [1.29, 1.82) is 0 Å². The largest absolute Gasteiger partial charge is 0.480 e. The fraction of sp³-hybridized carbons (Fsp3) is 0.357. The third-order valence-corrected chi connectivity index (χ3v) is 2.69. The molecule has 0 saturated carbocycles. The van der Waals surface area contributed by atoms with Crippen molar-refractivity contribution < 1.29 is 23.6 Å². The Kier molecular flexibility index (Phi) is 4.42. The Bertz CT molecular complexity index is 615. The molecule has 0 aliphatic rings. The van der Waals surface area contributed by atoms with Gasteiger partial charge in [-0.25, -0.2) is 0 Å². The molecule has 2 rings (SSSR count). The molecule has 1 amide bonds. The van der Waals surface area contributed by atoms with Gasteiger partial charge in [0.1, 0.15) is 6.54 Å². The molecule has 0 fully saturated rings. The maximum Gasteiger partial charge on any atom is 0.323 e. The van der Waals surface area contributed by atoms with Crippen molar-refractivity contribution in [2.45, 2.75) is 13.8 Å². The van der Waals surface area contributed by atoms with E-state index in [9.17, 15) is 9.59 Å². The van der Waals surface area contributed by atoms with Crippen LogP contribution in [0.3, 0.4) is 0 Å². The summed E-state index contributed by atoms with van der Waals surface area (Å²) in [4.78, 5) is 24.4. The van der Waals surface area contributed by atoms with E-state index in [2.05, 4.69) is 5.16 Å². The van der Waals surface area contributed by atoms with Crippen LogP contribution < -0.4 is 0 Å². The summed E-state index contributed by atoms with van der Waals surface area (Å²) in [5.41, 5.74) is 0.0586. The van der Waals surface area contributed by atoms with Crippen molar-refractivity contribution in [3.05, 3.63) is 30.2 Å². The SMILES string of the molecule is CC(C)CN(CC(=O)O)C(=O)c1cc(-c2ccco2)on1. The van der Waals surface area contributed by atoms with Gasteiger partial charge >= 0.3 is 5.97 Å². The fourth-order valence-corrected chi connectivity index (χ4v) is 1.90.